The molecule has 0 spiro atoms. The molecule has 0 heterocycles. The van der Waals surface area contributed by atoms with E-state index in [0.717, 1.165) is 12.1 Å². The third-order valence-electron chi connectivity index (χ3n) is 2.71. The lowest BCUT2D eigenvalue weighted by Gasteiger charge is -2.27. The number of halogens is 3. The molecule has 1 aromatic rings. The number of aryl methyl sites for hydroxylation is 1. The zero-order chi connectivity index (χ0) is 18.6. The first-order chi connectivity index (χ1) is 11.0. The minimum absolute atomic E-state index is 0.377. The number of rotatable bonds is 8. The summed E-state index contributed by atoms with van der Waals surface area (Å²) in [4.78, 5) is -0.498. The van der Waals surface area contributed by atoms with Gasteiger partial charge in [-0.05, 0) is 32.9 Å². The Morgan fingerprint density at radius 1 is 1.08 bits per heavy atom. The molecule has 1 aromatic carbocycles. The lowest BCUT2D eigenvalue weighted by Crippen LogP contribution is -2.35. The van der Waals surface area contributed by atoms with Crippen LogP contribution in [0.5, 0.6) is 0 Å². The summed E-state index contributed by atoms with van der Waals surface area (Å²) in [5.41, 5.74) is 0.704. The maximum atomic E-state index is 13.3. The molecule has 0 saturated heterocycles. The van der Waals surface area contributed by atoms with Crippen molar-refractivity contribution in [1.29, 1.82) is 0 Å². The first-order valence-corrected chi connectivity index (χ1v) is 9.93. The zero-order valence-corrected chi connectivity index (χ0v) is 15.0. The molecular formula is C13H18F3O6PS. The van der Waals surface area contributed by atoms with Crippen molar-refractivity contribution in [3.8, 4) is 0 Å². The standard InChI is InChI=1S/C13H18F3O6PS/c1-4-20-23(17,21-5-2)12(13(14,15)16)22-24(18,19)11-8-6-10(3)7-9-11/h6-9,12H,4-5H2,1-3H3. The molecule has 0 aliphatic carbocycles. The third-order valence-corrected chi connectivity index (χ3v) is 6.36. The quantitative estimate of drug-likeness (QED) is 0.496. The van der Waals surface area contributed by atoms with Crippen molar-refractivity contribution >= 4 is 17.7 Å². The van der Waals surface area contributed by atoms with Gasteiger partial charge >= 0.3 is 13.8 Å². The van der Waals surface area contributed by atoms with E-state index < -0.39 is 34.6 Å². The van der Waals surface area contributed by atoms with Gasteiger partial charge in [-0.1, -0.05) is 17.7 Å². The van der Waals surface area contributed by atoms with Crippen molar-refractivity contribution in [1.82, 2.24) is 0 Å². The van der Waals surface area contributed by atoms with Gasteiger partial charge in [-0.2, -0.15) is 21.6 Å². The second-order valence-electron chi connectivity index (χ2n) is 4.63. The molecule has 1 unspecified atom stereocenters. The highest BCUT2D eigenvalue weighted by Gasteiger charge is 2.57. The number of hydrogen-bond donors (Lipinski definition) is 0. The molecule has 24 heavy (non-hydrogen) atoms. The van der Waals surface area contributed by atoms with E-state index in [4.69, 9.17) is 0 Å². The highest BCUT2D eigenvalue weighted by molar-refractivity contribution is 7.87. The molecule has 0 aliphatic rings. The Morgan fingerprint density at radius 3 is 1.92 bits per heavy atom. The van der Waals surface area contributed by atoms with Crippen LogP contribution in [-0.2, 0) is 27.9 Å². The Morgan fingerprint density at radius 2 is 1.54 bits per heavy atom. The van der Waals surface area contributed by atoms with Crippen LogP contribution in [0.3, 0.4) is 0 Å². The van der Waals surface area contributed by atoms with E-state index in [0.29, 0.717) is 5.56 Å². The number of alkyl halides is 3. The second-order valence-corrected chi connectivity index (χ2v) is 8.27. The Kier molecular flexibility index (Phi) is 7.01. The average molecular weight is 390 g/mol. The molecular weight excluding hydrogens is 372 g/mol. The van der Waals surface area contributed by atoms with Crippen molar-refractivity contribution in [2.45, 2.75) is 37.7 Å². The van der Waals surface area contributed by atoms with Crippen molar-refractivity contribution in [3.05, 3.63) is 29.8 Å². The molecule has 0 bridgehead atoms. The van der Waals surface area contributed by atoms with E-state index in [9.17, 15) is 26.2 Å². The van der Waals surface area contributed by atoms with Gasteiger partial charge < -0.3 is 9.05 Å². The van der Waals surface area contributed by atoms with Crippen LogP contribution >= 0.6 is 7.60 Å². The van der Waals surface area contributed by atoms with Gasteiger partial charge in [-0.3, -0.25) is 4.57 Å². The van der Waals surface area contributed by atoms with E-state index >= 15 is 0 Å². The molecule has 138 valence electrons. The molecule has 0 N–H and O–H groups in total. The Bertz CT molecular complexity index is 677. The molecule has 11 heteroatoms. The van der Waals surface area contributed by atoms with Gasteiger partial charge in [0.15, 0.2) is 0 Å². The van der Waals surface area contributed by atoms with Crippen LogP contribution in [-0.4, -0.2) is 33.7 Å². The Hall–Kier alpha value is -0.930. The minimum Gasteiger partial charge on any atom is -0.307 e. The predicted octanol–water partition coefficient (Wildman–Crippen LogP) is 3.85. The fraction of sp³-hybridized carbons (Fsp3) is 0.538. The maximum absolute atomic E-state index is 13.3. The lowest BCUT2D eigenvalue weighted by atomic mass is 10.2. The van der Waals surface area contributed by atoms with Gasteiger partial charge in [0.25, 0.3) is 16.0 Å². The van der Waals surface area contributed by atoms with E-state index in [-0.39, 0.29) is 13.2 Å². The largest absolute Gasteiger partial charge is 0.427 e. The van der Waals surface area contributed by atoms with E-state index in [2.05, 4.69) is 13.2 Å². The number of benzene rings is 1. The average Bonchev–Trinajstić information content (AvgIpc) is 2.44. The molecule has 0 aromatic heterocycles. The summed E-state index contributed by atoms with van der Waals surface area (Å²) in [6.07, 6.45) is -5.28. The lowest BCUT2D eigenvalue weighted by molar-refractivity contribution is -0.174. The molecule has 1 atom stereocenters. The van der Waals surface area contributed by atoms with Crippen molar-refractivity contribution in [3.63, 3.8) is 0 Å². The fourth-order valence-corrected chi connectivity index (χ4v) is 4.81. The highest BCUT2D eigenvalue weighted by atomic mass is 32.2. The summed E-state index contributed by atoms with van der Waals surface area (Å²) in [6, 6.07) is 4.96. The van der Waals surface area contributed by atoms with Crippen LogP contribution in [0.2, 0.25) is 0 Å². The first kappa shape index (κ1) is 21.1. The van der Waals surface area contributed by atoms with E-state index in [1.54, 1.807) is 6.92 Å². The molecule has 0 saturated carbocycles. The van der Waals surface area contributed by atoms with Crippen molar-refractivity contribution in [2.75, 3.05) is 13.2 Å². The molecule has 6 nitrogen and oxygen atoms in total. The van der Waals surface area contributed by atoms with E-state index in [1.807, 2.05) is 0 Å². The third kappa shape index (κ3) is 5.29. The minimum atomic E-state index is -5.28. The molecule has 0 amide bonds. The molecule has 0 aliphatic heterocycles. The predicted molar refractivity (Wildman–Crippen MR) is 80.2 cm³/mol. The van der Waals surface area contributed by atoms with Crippen LogP contribution in [0.4, 0.5) is 13.2 Å². The van der Waals surface area contributed by atoms with Crippen LogP contribution < -0.4 is 0 Å². The van der Waals surface area contributed by atoms with Crippen LogP contribution in [0.15, 0.2) is 29.2 Å². The van der Waals surface area contributed by atoms with Gasteiger partial charge in [-0.25, -0.2) is 4.18 Å². The summed E-state index contributed by atoms with van der Waals surface area (Å²) >= 11 is 0. The first-order valence-electron chi connectivity index (χ1n) is 6.91. The van der Waals surface area contributed by atoms with Gasteiger partial charge in [0.05, 0.1) is 18.1 Å². The Labute approximate surface area is 138 Å². The normalized spacial score (nSPS) is 14.6. The maximum Gasteiger partial charge on any atom is 0.427 e. The van der Waals surface area contributed by atoms with Crippen molar-refractivity contribution < 1.29 is 39.4 Å². The fourth-order valence-electron chi connectivity index (χ4n) is 1.70. The summed E-state index contributed by atoms with van der Waals surface area (Å²) in [7, 11) is -9.74. The van der Waals surface area contributed by atoms with Crippen LogP contribution in [0.1, 0.15) is 19.4 Å². The highest BCUT2D eigenvalue weighted by Crippen LogP contribution is 2.59. The van der Waals surface area contributed by atoms with Crippen molar-refractivity contribution in [2.24, 2.45) is 0 Å². The van der Waals surface area contributed by atoms with Crippen LogP contribution in [0, 0.1) is 6.92 Å². The van der Waals surface area contributed by atoms with Crippen LogP contribution in [0.25, 0.3) is 0 Å². The molecule has 1 rings (SSSR count). The summed E-state index contributed by atoms with van der Waals surface area (Å²) in [5.74, 6) is -3.25. The van der Waals surface area contributed by atoms with Gasteiger partial charge in [0.2, 0.25) is 0 Å². The second kappa shape index (κ2) is 7.97. The summed E-state index contributed by atoms with van der Waals surface area (Å²) < 4.78 is 89.7. The SMILES string of the molecule is CCOP(=O)(OCC)C(OS(=O)(=O)c1ccc(C)cc1)C(F)(F)F. The van der Waals surface area contributed by atoms with E-state index in [1.165, 1.54) is 26.0 Å². The monoisotopic (exact) mass is 390 g/mol. The zero-order valence-electron chi connectivity index (χ0n) is 13.2. The summed E-state index contributed by atoms with van der Waals surface area (Å²) in [5, 5.41) is 0. The topological polar surface area (TPSA) is 78.9 Å². The van der Waals surface area contributed by atoms with Gasteiger partial charge in [-0.15, -0.1) is 0 Å². The summed E-state index contributed by atoms with van der Waals surface area (Å²) in [6.45, 7) is 3.52. The van der Waals surface area contributed by atoms with Gasteiger partial charge in [0.1, 0.15) is 0 Å². The van der Waals surface area contributed by atoms with Gasteiger partial charge in [0, 0.05) is 0 Å². The molecule has 0 fully saturated rings. The number of hydrogen-bond acceptors (Lipinski definition) is 6. The Balaban J connectivity index is 3.27. The smallest absolute Gasteiger partial charge is 0.307 e. The molecule has 0 radical (unpaired) electrons.